The van der Waals surface area contributed by atoms with Gasteiger partial charge in [-0.25, -0.2) is 12.7 Å². The van der Waals surface area contributed by atoms with E-state index in [0.717, 1.165) is 46.0 Å². The zero-order chi connectivity index (χ0) is 24.6. The van der Waals surface area contributed by atoms with E-state index >= 15 is 0 Å². The van der Waals surface area contributed by atoms with Gasteiger partial charge in [0, 0.05) is 6.42 Å². The summed E-state index contributed by atoms with van der Waals surface area (Å²) in [5.74, 6) is 0.258. The first kappa shape index (κ1) is 25.5. The number of ether oxygens (including phenoxy) is 1. The van der Waals surface area contributed by atoms with Crippen LogP contribution in [0.1, 0.15) is 49.3 Å². The Labute approximate surface area is 203 Å². The predicted octanol–water partition coefficient (Wildman–Crippen LogP) is 6.23. The molecular weight excluding hydrogens is 446 g/mol. The third kappa shape index (κ3) is 6.70. The summed E-state index contributed by atoms with van der Waals surface area (Å²) in [5.41, 5.74) is 3.51. The van der Waals surface area contributed by atoms with Gasteiger partial charge >= 0.3 is 0 Å². The van der Waals surface area contributed by atoms with Crippen LogP contribution in [0.3, 0.4) is 0 Å². The maximum atomic E-state index is 13.5. The quantitative estimate of drug-likeness (QED) is 0.306. The molecule has 0 aliphatic heterocycles. The number of sulfonamides is 1. The smallest absolute Gasteiger partial charge is 0.270 e. The van der Waals surface area contributed by atoms with Crippen LogP contribution in [0.4, 0.5) is 5.69 Å². The first-order chi connectivity index (χ1) is 16.3. The normalized spacial score (nSPS) is 11.3. The zero-order valence-corrected chi connectivity index (χ0v) is 21.0. The van der Waals surface area contributed by atoms with Crippen LogP contribution in [0, 0.1) is 13.8 Å². The van der Waals surface area contributed by atoms with Crippen LogP contribution in [0.25, 0.3) is 0 Å². The highest BCUT2D eigenvalue weighted by Crippen LogP contribution is 2.26. The van der Waals surface area contributed by atoms with Gasteiger partial charge < -0.3 is 4.74 Å². The zero-order valence-electron chi connectivity index (χ0n) is 20.2. The molecule has 0 spiro atoms. The Morgan fingerprint density at radius 1 is 0.882 bits per heavy atom. The highest BCUT2D eigenvalue weighted by molar-refractivity contribution is 7.93. The molecule has 0 radical (unpaired) electrons. The summed E-state index contributed by atoms with van der Waals surface area (Å²) in [6.45, 7) is 6.33. The number of rotatable bonds is 11. The second-order valence-corrected chi connectivity index (χ2v) is 10.3. The molecule has 5 nitrogen and oxygen atoms in total. The van der Waals surface area contributed by atoms with Gasteiger partial charge in [-0.1, -0.05) is 55.3 Å². The summed E-state index contributed by atoms with van der Waals surface area (Å²) in [7, 11) is -4.05. The van der Waals surface area contributed by atoms with E-state index in [-0.39, 0.29) is 11.3 Å². The molecule has 0 saturated heterocycles. The monoisotopic (exact) mass is 479 g/mol. The van der Waals surface area contributed by atoms with Gasteiger partial charge in [0.15, 0.2) is 0 Å². The Hall–Kier alpha value is -3.12. The lowest BCUT2D eigenvalue weighted by atomic mass is 10.1. The van der Waals surface area contributed by atoms with Crippen LogP contribution in [-0.4, -0.2) is 20.9 Å². The van der Waals surface area contributed by atoms with E-state index < -0.39 is 15.9 Å². The molecule has 0 atom stereocenters. The minimum absolute atomic E-state index is 0.0501. The van der Waals surface area contributed by atoms with E-state index in [9.17, 15) is 13.2 Å². The summed E-state index contributed by atoms with van der Waals surface area (Å²) < 4.78 is 33.7. The summed E-state index contributed by atoms with van der Waals surface area (Å²) >= 11 is 0. The molecule has 0 unspecified atom stereocenters. The number of aryl methyl sites for hydroxylation is 3. The molecule has 0 aliphatic carbocycles. The average molecular weight is 480 g/mol. The number of benzene rings is 3. The van der Waals surface area contributed by atoms with Crippen LogP contribution in [-0.2, 0) is 21.2 Å². The van der Waals surface area contributed by atoms with Crippen molar-refractivity contribution in [3.63, 3.8) is 0 Å². The lowest BCUT2D eigenvalue weighted by molar-refractivity contribution is -0.117. The van der Waals surface area contributed by atoms with Crippen molar-refractivity contribution >= 4 is 21.6 Å². The fourth-order valence-corrected chi connectivity index (χ4v) is 5.08. The van der Waals surface area contributed by atoms with Crippen LogP contribution in [0.5, 0.6) is 5.75 Å². The Kier molecular flexibility index (Phi) is 8.88. The van der Waals surface area contributed by atoms with Gasteiger partial charge in [0.1, 0.15) is 5.75 Å². The van der Waals surface area contributed by atoms with E-state index in [2.05, 4.69) is 6.92 Å². The summed E-state index contributed by atoms with van der Waals surface area (Å²) in [4.78, 5) is 13.3. The second-order valence-electron chi connectivity index (χ2n) is 8.51. The average Bonchev–Trinajstić information content (AvgIpc) is 2.82. The standard InChI is InChI=1S/C28H33NO4S/c1-4-5-9-24-14-16-25(17-15-24)29(34(31,32)27-18-12-22(2)13-19-27)28(30)11-7-20-33-26-10-6-8-23(3)21-26/h6,8,10,12-19,21H,4-5,7,9,11,20H2,1-3H3. The number of nitrogens with zero attached hydrogens (tertiary/aromatic N) is 1. The van der Waals surface area contributed by atoms with Gasteiger partial charge in [-0.3, -0.25) is 4.79 Å². The van der Waals surface area contributed by atoms with Crippen molar-refractivity contribution in [3.05, 3.63) is 89.5 Å². The van der Waals surface area contributed by atoms with Gasteiger partial charge in [-0.2, -0.15) is 0 Å². The van der Waals surface area contributed by atoms with Gasteiger partial charge in [-0.15, -0.1) is 0 Å². The lowest BCUT2D eigenvalue weighted by Gasteiger charge is -2.23. The minimum atomic E-state index is -4.05. The fourth-order valence-electron chi connectivity index (χ4n) is 3.63. The molecule has 1 amide bonds. The van der Waals surface area contributed by atoms with Crippen molar-refractivity contribution in [1.29, 1.82) is 0 Å². The number of carbonyl (C=O) groups excluding carboxylic acids is 1. The molecule has 3 rings (SSSR count). The first-order valence-electron chi connectivity index (χ1n) is 11.7. The number of amides is 1. The van der Waals surface area contributed by atoms with E-state index in [1.54, 1.807) is 36.4 Å². The molecule has 0 fully saturated rings. The number of hydrogen-bond acceptors (Lipinski definition) is 4. The largest absolute Gasteiger partial charge is 0.494 e. The molecule has 180 valence electrons. The number of hydrogen-bond donors (Lipinski definition) is 0. The molecule has 0 bridgehead atoms. The van der Waals surface area contributed by atoms with Gasteiger partial charge in [0.2, 0.25) is 5.91 Å². The van der Waals surface area contributed by atoms with Gasteiger partial charge in [0.05, 0.1) is 17.2 Å². The molecule has 0 aromatic heterocycles. The van der Waals surface area contributed by atoms with Crippen molar-refractivity contribution in [1.82, 2.24) is 0 Å². The molecule has 0 N–H and O–H groups in total. The van der Waals surface area contributed by atoms with E-state index in [1.165, 1.54) is 0 Å². The van der Waals surface area contributed by atoms with Crippen molar-refractivity contribution in [2.75, 3.05) is 10.9 Å². The highest BCUT2D eigenvalue weighted by Gasteiger charge is 2.30. The van der Waals surface area contributed by atoms with Crippen LogP contribution in [0.15, 0.2) is 77.7 Å². The Morgan fingerprint density at radius 3 is 2.24 bits per heavy atom. The predicted molar refractivity (Wildman–Crippen MR) is 137 cm³/mol. The second kappa shape index (κ2) is 11.8. The molecule has 0 saturated carbocycles. The van der Waals surface area contributed by atoms with E-state index in [4.69, 9.17) is 4.74 Å². The van der Waals surface area contributed by atoms with Crippen LogP contribution >= 0.6 is 0 Å². The Bertz CT molecular complexity index is 1190. The topological polar surface area (TPSA) is 63.7 Å². The number of carbonyl (C=O) groups is 1. The third-order valence-corrected chi connectivity index (χ3v) is 7.33. The van der Waals surface area contributed by atoms with E-state index in [0.29, 0.717) is 18.7 Å². The lowest BCUT2D eigenvalue weighted by Crippen LogP contribution is -2.37. The molecule has 0 aliphatic rings. The maximum Gasteiger partial charge on any atom is 0.270 e. The summed E-state index contributed by atoms with van der Waals surface area (Å²) in [6.07, 6.45) is 3.52. The maximum absolute atomic E-state index is 13.5. The highest BCUT2D eigenvalue weighted by atomic mass is 32.2. The number of anilines is 1. The molecule has 6 heteroatoms. The number of unbranched alkanes of at least 4 members (excludes halogenated alkanes) is 1. The van der Waals surface area contributed by atoms with Gasteiger partial charge in [-0.05, 0) is 80.6 Å². The van der Waals surface area contributed by atoms with Crippen molar-refractivity contribution < 1.29 is 17.9 Å². The van der Waals surface area contributed by atoms with Crippen molar-refractivity contribution in [2.45, 2.75) is 57.8 Å². The summed E-state index contributed by atoms with van der Waals surface area (Å²) in [6, 6.07) is 21.5. The Balaban J connectivity index is 1.79. The van der Waals surface area contributed by atoms with Gasteiger partial charge in [0.25, 0.3) is 10.0 Å². The molecule has 3 aromatic carbocycles. The van der Waals surface area contributed by atoms with Crippen molar-refractivity contribution in [2.24, 2.45) is 0 Å². The SMILES string of the molecule is CCCCc1ccc(N(C(=O)CCCOc2cccc(C)c2)S(=O)(=O)c2ccc(C)cc2)cc1. The Morgan fingerprint density at radius 2 is 1.59 bits per heavy atom. The molecule has 3 aromatic rings. The minimum Gasteiger partial charge on any atom is -0.494 e. The molecule has 0 heterocycles. The first-order valence-corrected chi connectivity index (χ1v) is 13.2. The van der Waals surface area contributed by atoms with Crippen LogP contribution < -0.4 is 9.04 Å². The molecule has 34 heavy (non-hydrogen) atoms. The molecular formula is C28H33NO4S. The fraction of sp³-hybridized carbons (Fsp3) is 0.321. The summed E-state index contributed by atoms with van der Waals surface area (Å²) in [5, 5.41) is 0. The van der Waals surface area contributed by atoms with Crippen molar-refractivity contribution in [3.8, 4) is 5.75 Å². The van der Waals surface area contributed by atoms with Crippen LogP contribution in [0.2, 0.25) is 0 Å². The van der Waals surface area contributed by atoms with E-state index in [1.807, 2.05) is 50.2 Å². The third-order valence-electron chi connectivity index (χ3n) is 5.57.